The Morgan fingerprint density at radius 3 is 2.39 bits per heavy atom. The van der Waals surface area contributed by atoms with Crippen LogP contribution in [-0.4, -0.2) is 43.3 Å². The molecule has 0 aliphatic carbocycles. The lowest BCUT2D eigenvalue weighted by Gasteiger charge is -2.25. The van der Waals surface area contributed by atoms with Gasteiger partial charge in [0.05, 0.1) is 23.7 Å². The normalized spacial score (nSPS) is 15.4. The molecule has 10 heteroatoms. The SMILES string of the molecule is CCNC(=NCc1ccc(S(=O)(=O)N2CCCCC2)cc1)NCc1nc(C)c(C)s1.I. The fourth-order valence-electron chi connectivity index (χ4n) is 3.31. The third-order valence-electron chi connectivity index (χ3n) is 5.12. The van der Waals surface area contributed by atoms with Gasteiger partial charge in [-0.05, 0) is 51.3 Å². The molecule has 172 valence electrons. The molecule has 1 aromatic carbocycles. The molecule has 0 unspecified atom stereocenters. The molecule has 0 amide bonds. The number of aryl methyl sites for hydroxylation is 2. The zero-order chi connectivity index (χ0) is 21.6. The van der Waals surface area contributed by atoms with Crippen molar-refractivity contribution in [1.29, 1.82) is 0 Å². The number of aliphatic imine (C=N–C) groups is 1. The predicted octanol–water partition coefficient (Wildman–Crippen LogP) is 3.81. The summed E-state index contributed by atoms with van der Waals surface area (Å²) in [4.78, 5) is 10.8. The van der Waals surface area contributed by atoms with E-state index in [1.165, 1.54) is 4.88 Å². The highest BCUT2D eigenvalue weighted by Crippen LogP contribution is 2.21. The van der Waals surface area contributed by atoms with Gasteiger partial charge in [-0.3, -0.25) is 0 Å². The topological polar surface area (TPSA) is 86.7 Å². The van der Waals surface area contributed by atoms with Crippen LogP contribution in [0, 0.1) is 13.8 Å². The second-order valence-electron chi connectivity index (χ2n) is 7.41. The first-order chi connectivity index (χ1) is 14.4. The summed E-state index contributed by atoms with van der Waals surface area (Å²) >= 11 is 1.69. The Balaban J connectivity index is 0.00000341. The third-order valence-corrected chi connectivity index (χ3v) is 8.11. The smallest absolute Gasteiger partial charge is 0.243 e. The third kappa shape index (κ3) is 7.13. The van der Waals surface area contributed by atoms with E-state index in [0.29, 0.717) is 37.0 Å². The molecule has 2 heterocycles. The molecule has 0 radical (unpaired) electrons. The predicted molar refractivity (Wildman–Crippen MR) is 138 cm³/mol. The molecule has 31 heavy (non-hydrogen) atoms. The van der Waals surface area contributed by atoms with Crippen molar-refractivity contribution < 1.29 is 8.42 Å². The minimum absolute atomic E-state index is 0. The standard InChI is InChI=1S/C21H31N5O2S2.HI/c1-4-22-21(24-15-20-25-16(2)17(3)29-20)23-14-18-8-10-19(11-9-18)30(27,28)26-12-6-5-7-13-26;/h8-11H,4-7,12-15H2,1-3H3,(H2,22,23,24);1H. The van der Waals surface area contributed by atoms with Gasteiger partial charge in [-0.15, -0.1) is 35.3 Å². The molecule has 1 aliphatic heterocycles. The zero-order valence-corrected chi connectivity index (χ0v) is 22.3. The van der Waals surface area contributed by atoms with E-state index < -0.39 is 10.0 Å². The van der Waals surface area contributed by atoms with Crippen LogP contribution in [0.1, 0.15) is 47.3 Å². The fourth-order valence-corrected chi connectivity index (χ4v) is 5.70. The number of thiazole rings is 1. The van der Waals surface area contributed by atoms with Gasteiger partial charge in [0, 0.05) is 24.5 Å². The van der Waals surface area contributed by atoms with Crippen molar-refractivity contribution in [2.75, 3.05) is 19.6 Å². The number of nitrogens with one attached hydrogen (secondary N) is 2. The van der Waals surface area contributed by atoms with E-state index in [4.69, 9.17) is 0 Å². The Morgan fingerprint density at radius 2 is 1.81 bits per heavy atom. The monoisotopic (exact) mass is 577 g/mol. The Hall–Kier alpha value is -1.24. The van der Waals surface area contributed by atoms with Gasteiger partial charge in [0.15, 0.2) is 5.96 Å². The van der Waals surface area contributed by atoms with Crippen molar-refractivity contribution in [1.82, 2.24) is 19.9 Å². The highest BCUT2D eigenvalue weighted by atomic mass is 127. The average molecular weight is 578 g/mol. The zero-order valence-electron chi connectivity index (χ0n) is 18.3. The van der Waals surface area contributed by atoms with E-state index in [0.717, 1.165) is 42.1 Å². The summed E-state index contributed by atoms with van der Waals surface area (Å²) in [5, 5.41) is 7.58. The Morgan fingerprint density at radius 1 is 1.13 bits per heavy atom. The molecule has 0 bridgehead atoms. The second-order valence-corrected chi connectivity index (χ2v) is 10.6. The lowest BCUT2D eigenvalue weighted by atomic mass is 10.2. The van der Waals surface area contributed by atoms with Crippen LogP contribution in [0.15, 0.2) is 34.2 Å². The van der Waals surface area contributed by atoms with Crippen LogP contribution >= 0.6 is 35.3 Å². The molecule has 3 rings (SSSR count). The first-order valence-electron chi connectivity index (χ1n) is 10.4. The van der Waals surface area contributed by atoms with E-state index in [1.807, 2.05) is 26.0 Å². The molecule has 1 aromatic heterocycles. The van der Waals surface area contributed by atoms with Gasteiger partial charge in [-0.2, -0.15) is 4.31 Å². The molecular formula is C21H32IN5O2S2. The maximum Gasteiger partial charge on any atom is 0.243 e. The highest BCUT2D eigenvalue weighted by Gasteiger charge is 2.25. The van der Waals surface area contributed by atoms with Crippen molar-refractivity contribution in [3.63, 3.8) is 0 Å². The number of benzene rings is 1. The van der Waals surface area contributed by atoms with Crippen LogP contribution in [0.4, 0.5) is 0 Å². The van der Waals surface area contributed by atoms with Gasteiger partial charge in [0.25, 0.3) is 0 Å². The summed E-state index contributed by atoms with van der Waals surface area (Å²) in [7, 11) is -3.39. The van der Waals surface area contributed by atoms with Crippen LogP contribution in [0.2, 0.25) is 0 Å². The Labute approximate surface area is 206 Å². The first-order valence-corrected chi connectivity index (χ1v) is 12.7. The van der Waals surface area contributed by atoms with Gasteiger partial charge in [0.1, 0.15) is 5.01 Å². The highest BCUT2D eigenvalue weighted by molar-refractivity contribution is 14.0. The Bertz CT molecular complexity index is 949. The molecule has 0 spiro atoms. The van der Waals surface area contributed by atoms with Crippen LogP contribution in [0.3, 0.4) is 0 Å². The Kier molecular flexibility index (Phi) is 10.2. The van der Waals surface area contributed by atoms with Gasteiger partial charge >= 0.3 is 0 Å². The summed E-state index contributed by atoms with van der Waals surface area (Å²) < 4.78 is 27.1. The van der Waals surface area contributed by atoms with Crippen molar-refractivity contribution in [3.05, 3.63) is 45.4 Å². The van der Waals surface area contributed by atoms with Crippen molar-refractivity contribution in [3.8, 4) is 0 Å². The molecule has 0 atom stereocenters. The van der Waals surface area contributed by atoms with E-state index >= 15 is 0 Å². The molecule has 7 nitrogen and oxygen atoms in total. The molecular weight excluding hydrogens is 545 g/mol. The lowest BCUT2D eigenvalue weighted by molar-refractivity contribution is 0.346. The van der Waals surface area contributed by atoms with E-state index in [1.54, 1.807) is 27.8 Å². The minimum Gasteiger partial charge on any atom is -0.357 e. The number of aromatic nitrogens is 1. The number of halogens is 1. The summed E-state index contributed by atoms with van der Waals surface area (Å²) in [5.74, 6) is 0.716. The van der Waals surface area contributed by atoms with E-state index in [9.17, 15) is 8.42 Å². The van der Waals surface area contributed by atoms with E-state index in [2.05, 4.69) is 27.5 Å². The molecule has 1 aliphatic rings. The maximum absolute atomic E-state index is 12.8. The van der Waals surface area contributed by atoms with Crippen molar-refractivity contribution >= 4 is 51.3 Å². The number of piperidine rings is 1. The number of sulfonamides is 1. The molecule has 1 fully saturated rings. The number of guanidine groups is 1. The molecule has 2 N–H and O–H groups in total. The maximum atomic E-state index is 12.8. The number of nitrogens with zero attached hydrogens (tertiary/aromatic N) is 3. The lowest BCUT2D eigenvalue weighted by Crippen LogP contribution is -2.36. The van der Waals surface area contributed by atoms with Gasteiger partial charge < -0.3 is 10.6 Å². The average Bonchev–Trinajstić information content (AvgIpc) is 3.08. The van der Waals surface area contributed by atoms with Gasteiger partial charge in [-0.25, -0.2) is 18.4 Å². The van der Waals surface area contributed by atoms with Crippen LogP contribution < -0.4 is 10.6 Å². The van der Waals surface area contributed by atoms with Crippen LogP contribution in [0.25, 0.3) is 0 Å². The van der Waals surface area contributed by atoms with Crippen molar-refractivity contribution in [2.45, 2.75) is 58.0 Å². The summed E-state index contributed by atoms with van der Waals surface area (Å²) in [6.45, 7) is 9.20. The number of rotatable bonds is 7. The van der Waals surface area contributed by atoms with Gasteiger partial charge in [-0.1, -0.05) is 18.6 Å². The summed E-state index contributed by atoms with van der Waals surface area (Å²) in [6, 6.07) is 7.07. The number of hydrogen-bond acceptors (Lipinski definition) is 5. The number of hydrogen-bond donors (Lipinski definition) is 2. The quantitative estimate of drug-likeness (QED) is 0.297. The van der Waals surface area contributed by atoms with Crippen molar-refractivity contribution in [2.24, 2.45) is 4.99 Å². The second kappa shape index (κ2) is 12.1. The summed E-state index contributed by atoms with van der Waals surface area (Å²) in [6.07, 6.45) is 2.98. The first kappa shape index (κ1) is 26.0. The van der Waals surface area contributed by atoms with Gasteiger partial charge in [0.2, 0.25) is 10.0 Å². The fraction of sp³-hybridized carbons (Fsp3) is 0.524. The molecule has 2 aromatic rings. The minimum atomic E-state index is -3.39. The van der Waals surface area contributed by atoms with E-state index in [-0.39, 0.29) is 24.0 Å². The largest absolute Gasteiger partial charge is 0.357 e. The van der Waals surface area contributed by atoms with Crippen LogP contribution in [0.5, 0.6) is 0 Å². The summed E-state index contributed by atoms with van der Waals surface area (Å²) in [5.41, 5.74) is 2.03. The van der Waals surface area contributed by atoms with Crippen LogP contribution in [-0.2, 0) is 23.1 Å². The molecule has 1 saturated heterocycles. The molecule has 0 saturated carbocycles.